The Hall–Kier alpha value is -3.08. The van der Waals surface area contributed by atoms with Gasteiger partial charge in [0.05, 0.1) is 12.5 Å². The number of hydrogen-bond donors (Lipinski definition) is 1. The quantitative estimate of drug-likeness (QED) is 0.442. The SMILES string of the molecule is CCN=c1cc2oc3cc(NC)c4ccc(OC)cc4c3nc-2cc1C. The second kappa shape index (κ2) is 6.33. The van der Waals surface area contributed by atoms with Crippen LogP contribution in [-0.4, -0.2) is 25.7 Å². The van der Waals surface area contributed by atoms with Crippen LogP contribution in [0.4, 0.5) is 5.69 Å². The third-order valence-corrected chi connectivity index (χ3v) is 4.61. The lowest BCUT2D eigenvalue weighted by Crippen LogP contribution is -2.09. The Kier molecular flexibility index (Phi) is 3.99. The van der Waals surface area contributed by atoms with E-state index < -0.39 is 0 Å². The fourth-order valence-electron chi connectivity index (χ4n) is 3.30. The van der Waals surface area contributed by atoms with Crippen LogP contribution in [0.2, 0.25) is 0 Å². The van der Waals surface area contributed by atoms with E-state index in [-0.39, 0.29) is 0 Å². The highest BCUT2D eigenvalue weighted by atomic mass is 16.5. The first-order chi connectivity index (χ1) is 12.6. The van der Waals surface area contributed by atoms with Gasteiger partial charge in [-0.15, -0.1) is 0 Å². The van der Waals surface area contributed by atoms with Gasteiger partial charge in [-0.25, -0.2) is 4.98 Å². The number of hydrogen-bond acceptors (Lipinski definition) is 5. The van der Waals surface area contributed by atoms with Gasteiger partial charge in [-0.2, -0.15) is 0 Å². The average molecular weight is 347 g/mol. The van der Waals surface area contributed by atoms with E-state index in [2.05, 4.69) is 10.3 Å². The van der Waals surface area contributed by atoms with Crippen LogP contribution in [0.1, 0.15) is 12.5 Å². The number of rotatable bonds is 3. The standard InChI is InChI=1S/C21H21N3O2/c1-5-23-16-10-19-18(8-12(16)2)24-21-15-9-13(25-4)6-7-14(15)17(22-3)11-20(21)26-19/h6-11,22H,5H2,1-4H3. The van der Waals surface area contributed by atoms with Gasteiger partial charge in [0.2, 0.25) is 0 Å². The van der Waals surface area contributed by atoms with Crippen molar-refractivity contribution in [2.24, 2.45) is 4.99 Å². The van der Waals surface area contributed by atoms with Crippen molar-refractivity contribution in [3.63, 3.8) is 0 Å². The maximum Gasteiger partial charge on any atom is 0.155 e. The molecule has 5 nitrogen and oxygen atoms in total. The van der Waals surface area contributed by atoms with Crippen LogP contribution in [0.25, 0.3) is 33.3 Å². The lowest BCUT2D eigenvalue weighted by molar-refractivity contribution is 0.415. The van der Waals surface area contributed by atoms with Crippen molar-refractivity contribution in [1.29, 1.82) is 0 Å². The maximum atomic E-state index is 6.21. The second-order valence-corrected chi connectivity index (χ2v) is 6.23. The van der Waals surface area contributed by atoms with Gasteiger partial charge >= 0.3 is 0 Å². The van der Waals surface area contributed by atoms with E-state index in [0.717, 1.165) is 62.2 Å². The van der Waals surface area contributed by atoms with Gasteiger partial charge in [0.25, 0.3) is 0 Å². The molecule has 0 bridgehead atoms. The monoisotopic (exact) mass is 347 g/mol. The molecule has 1 aliphatic carbocycles. The molecule has 2 aromatic carbocycles. The summed E-state index contributed by atoms with van der Waals surface area (Å²) in [5.74, 6) is 1.53. The predicted molar refractivity (Wildman–Crippen MR) is 105 cm³/mol. The maximum absolute atomic E-state index is 6.21. The summed E-state index contributed by atoms with van der Waals surface area (Å²) in [5.41, 5.74) is 4.46. The summed E-state index contributed by atoms with van der Waals surface area (Å²) in [6.45, 7) is 4.81. The smallest absolute Gasteiger partial charge is 0.155 e. The zero-order chi connectivity index (χ0) is 18.3. The van der Waals surface area contributed by atoms with Gasteiger partial charge in [0.1, 0.15) is 17.0 Å². The number of benzene rings is 3. The normalized spacial score (nSPS) is 12.2. The van der Waals surface area contributed by atoms with Crippen molar-refractivity contribution in [1.82, 2.24) is 4.98 Å². The molecule has 0 fully saturated rings. The third kappa shape index (κ3) is 2.56. The minimum atomic E-state index is 0.730. The number of aromatic nitrogens is 1. The number of aryl methyl sites for hydroxylation is 1. The van der Waals surface area contributed by atoms with Crippen LogP contribution >= 0.6 is 0 Å². The van der Waals surface area contributed by atoms with Gasteiger partial charge in [-0.3, -0.25) is 4.99 Å². The van der Waals surface area contributed by atoms with E-state index in [9.17, 15) is 0 Å². The van der Waals surface area contributed by atoms with Gasteiger partial charge < -0.3 is 14.5 Å². The highest BCUT2D eigenvalue weighted by Gasteiger charge is 2.15. The molecule has 0 saturated carbocycles. The predicted octanol–water partition coefficient (Wildman–Crippen LogP) is 4.37. The number of nitrogens with zero attached hydrogens (tertiary/aromatic N) is 2. The zero-order valence-electron chi connectivity index (χ0n) is 15.4. The first-order valence-corrected chi connectivity index (χ1v) is 8.68. The summed E-state index contributed by atoms with van der Waals surface area (Å²) < 4.78 is 11.6. The molecule has 132 valence electrons. The molecule has 0 radical (unpaired) electrons. The topological polar surface area (TPSA) is 59.7 Å². The average Bonchev–Trinajstić information content (AvgIpc) is 2.66. The molecule has 2 aromatic rings. The van der Waals surface area contributed by atoms with Crippen molar-refractivity contribution in [3.05, 3.63) is 47.3 Å². The first-order valence-electron chi connectivity index (χ1n) is 8.68. The third-order valence-electron chi connectivity index (χ3n) is 4.61. The molecule has 0 aromatic heterocycles. The van der Waals surface area contributed by atoms with Gasteiger partial charge in [-0.1, -0.05) is 0 Å². The molecular weight excluding hydrogens is 326 g/mol. The molecule has 1 N–H and O–H groups in total. The molecule has 1 aliphatic heterocycles. The van der Waals surface area contributed by atoms with Crippen LogP contribution in [-0.2, 0) is 0 Å². The molecular formula is C21H21N3O2. The molecule has 4 rings (SSSR count). The van der Waals surface area contributed by atoms with E-state index in [4.69, 9.17) is 14.1 Å². The molecule has 0 unspecified atom stereocenters. The first kappa shape index (κ1) is 16.4. The lowest BCUT2D eigenvalue weighted by Gasteiger charge is -2.13. The number of nitrogens with one attached hydrogen (secondary N) is 1. The highest BCUT2D eigenvalue weighted by molar-refractivity contribution is 6.10. The fourth-order valence-corrected chi connectivity index (χ4v) is 3.30. The Morgan fingerprint density at radius 3 is 2.73 bits per heavy atom. The largest absolute Gasteiger partial charge is 0.497 e. The number of ether oxygens (including phenoxy) is 1. The molecule has 5 heteroatoms. The van der Waals surface area contributed by atoms with E-state index in [1.165, 1.54) is 0 Å². The molecule has 2 aliphatic rings. The Labute approximate surface area is 151 Å². The van der Waals surface area contributed by atoms with Crippen LogP contribution in [0, 0.1) is 6.92 Å². The van der Waals surface area contributed by atoms with Crippen molar-refractivity contribution in [2.75, 3.05) is 26.0 Å². The van der Waals surface area contributed by atoms with E-state index in [1.807, 2.05) is 57.3 Å². The van der Waals surface area contributed by atoms with E-state index >= 15 is 0 Å². The molecule has 26 heavy (non-hydrogen) atoms. The molecule has 0 saturated heterocycles. The Morgan fingerprint density at radius 2 is 2.00 bits per heavy atom. The van der Waals surface area contributed by atoms with Gasteiger partial charge in [0, 0.05) is 42.2 Å². The second-order valence-electron chi connectivity index (χ2n) is 6.23. The zero-order valence-corrected chi connectivity index (χ0v) is 15.4. The van der Waals surface area contributed by atoms with Crippen LogP contribution in [0.5, 0.6) is 5.75 Å². The van der Waals surface area contributed by atoms with Crippen LogP contribution in [0.3, 0.4) is 0 Å². The summed E-state index contributed by atoms with van der Waals surface area (Å²) in [5, 5.41) is 6.26. The number of methoxy groups -OCH3 is 1. The summed E-state index contributed by atoms with van der Waals surface area (Å²) in [4.78, 5) is 9.43. The molecule has 0 amide bonds. The molecule has 0 spiro atoms. The van der Waals surface area contributed by atoms with E-state index in [1.54, 1.807) is 7.11 Å². The van der Waals surface area contributed by atoms with Crippen molar-refractivity contribution in [3.8, 4) is 17.2 Å². The molecule has 0 atom stereocenters. The Morgan fingerprint density at radius 1 is 1.15 bits per heavy atom. The van der Waals surface area contributed by atoms with Crippen molar-refractivity contribution < 1.29 is 9.15 Å². The summed E-state index contributed by atoms with van der Waals surface area (Å²) in [6, 6.07) is 12.0. The van der Waals surface area contributed by atoms with Crippen molar-refractivity contribution in [2.45, 2.75) is 13.8 Å². The minimum Gasteiger partial charge on any atom is -0.497 e. The van der Waals surface area contributed by atoms with Gasteiger partial charge in [0.15, 0.2) is 11.3 Å². The molecule has 1 heterocycles. The van der Waals surface area contributed by atoms with Crippen LogP contribution in [0.15, 0.2) is 45.8 Å². The number of anilines is 1. The number of fused-ring (bicyclic) bond motifs is 4. The summed E-state index contributed by atoms with van der Waals surface area (Å²) in [7, 11) is 3.57. The van der Waals surface area contributed by atoms with Crippen LogP contribution < -0.4 is 15.4 Å². The van der Waals surface area contributed by atoms with Crippen molar-refractivity contribution >= 4 is 27.6 Å². The lowest BCUT2D eigenvalue weighted by atomic mass is 10.1. The fraction of sp³-hybridized carbons (Fsp3) is 0.238. The summed E-state index contributed by atoms with van der Waals surface area (Å²) >= 11 is 0. The summed E-state index contributed by atoms with van der Waals surface area (Å²) in [6.07, 6.45) is 0. The minimum absolute atomic E-state index is 0.730. The van der Waals surface area contributed by atoms with Gasteiger partial charge in [-0.05, 0) is 43.7 Å². The Bertz CT molecular complexity index is 1160. The van der Waals surface area contributed by atoms with E-state index in [0.29, 0.717) is 0 Å². The Balaban J connectivity index is 2.14. The highest BCUT2D eigenvalue weighted by Crippen LogP contribution is 2.35.